The number of hydrogen-bond donors (Lipinski definition) is 1. The standard InChI is InChI=1S/C11H11N3O/c1-12-11(15)10-7-13-8-14(10)9-5-3-2-4-6-9/h2-8H,1H3,(H,12,15). The Morgan fingerprint density at radius 3 is 2.73 bits per heavy atom. The predicted octanol–water partition coefficient (Wildman–Crippen LogP) is 1.23. The maximum absolute atomic E-state index is 11.5. The van der Waals surface area contributed by atoms with E-state index in [0.29, 0.717) is 5.69 Å². The molecule has 4 heteroatoms. The van der Waals surface area contributed by atoms with E-state index in [1.165, 1.54) is 0 Å². The minimum atomic E-state index is -0.142. The summed E-state index contributed by atoms with van der Waals surface area (Å²) in [5.74, 6) is -0.142. The molecule has 0 aliphatic rings. The van der Waals surface area contributed by atoms with Crippen molar-refractivity contribution < 1.29 is 4.79 Å². The second kappa shape index (κ2) is 3.96. The molecule has 4 nitrogen and oxygen atoms in total. The van der Waals surface area contributed by atoms with Crippen molar-refractivity contribution in [1.29, 1.82) is 0 Å². The van der Waals surface area contributed by atoms with Gasteiger partial charge in [0, 0.05) is 12.7 Å². The Morgan fingerprint density at radius 2 is 2.07 bits per heavy atom. The lowest BCUT2D eigenvalue weighted by molar-refractivity contribution is 0.0956. The number of nitrogens with one attached hydrogen (secondary N) is 1. The van der Waals surface area contributed by atoms with Crippen LogP contribution in [0.4, 0.5) is 0 Å². The molecular formula is C11H11N3O. The maximum atomic E-state index is 11.5. The van der Waals surface area contributed by atoms with Gasteiger partial charge < -0.3 is 5.32 Å². The fourth-order valence-corrected chi connectivity index (χ4v) is 1.39. The molecule has 0 fully saturated rings. The molecule has 2 rings (SSSR count). The molecule has 0 spiro atoms. The molecule has 0 saturated carbocycles. The smallest absolute Gasteiger partial charge is 0.269 e. The second-order valence-corrected chi connectivity index (χ2v) is 3.06. The van der Waals surface area contributed by atoms with Gasteiger partial charge in [0.25, 0.3) is 5.91 Å². The number of amides is 1. The van der Waals surface area contributed by atoms with Crippen LogP contribution in [0.3, 0.4) is 0 Å². The molecule has 0 aliphatic carbocycles. The van der Waals surface area contributed by atoms with Crippen molar-refractivity contribution in [2.24, 2.45) is 0 Å². The molecule has 15 heavy (non-hydrogen) atoms. The van der Waals surface area contributed by atoms with Crippen LogP contribution in [0.25, 0.3) is 5.69 Å². The quantitative estimate of drug-likeness (QED) is 0.794. The monoisotopic (exact) mass is 201 g/mol. The van der Waals surface area contributed by atoms with Crippen LogP contribution in [0.15, 0.2) is 42.9 Å². The molecular weight excluding hydrogens is 190 g/mol. The zero-order valence-corrected chi connectivity index (χ0v) is 8.34. The van der Waals surface area contributed by atoms with Crippen LogP contribution in [0.2, 0.25) is 0 Å². The fraction of sp³-hybridized carbons (Fsp3) is 0.0909. The molecule has 1 heterocycles. The zero-order chi connectivity index (χ0) is 10.7. The van der Waals surface area contributed by atoms with Crippen LogP contribution in [0.5, 0.6) is 0 Å². The van der Waals surface area contributed by atoms with Gasteiger partial charge in [0.1, 0.15) is 5.69 Å². The first-order valence-corrected chi connectivity index (χ1v) is 4.63. The number of rotatable bonds is 2. The summed E-state index contributed by atoms with van der Waals surface area (Å²) in [5, 5.41) is 2.58. The largest absolute Gasteiger partial charge is 0.354 e. The second-order valence-electron chi connectivity index (χ2n) is 3.06. The van der Waals surface area contributed by atoms with Crippen molar-refractivity contribution >= 4 is 5.91 Å². The Bertz CT molecular complexity index is 462. The van der Waals surface area contributed by atoms with Crippen molar-refractivity contribution in [3.63, 3.8) is 0 Å². The van der Waals surface area contributed by atoms with Crippen LogP contribution >= 0.6 is 0 Å². The first kappa shape index (κ1) is 9.45. The lowest BCUT2D eigenvalue weighted by Gasteiger charge is -2.06. The predicted molar refractivity (Wildman–Crippen MR) is 57.0 cm³/mol. The van der Waals surface area contributed by atoms with Gasteiger partial charge in [-0.15, -0.1) is 0 Å². The highest BCUT2D eigenvalue weighted by Gasteiger charge is 2.10. The molecule has 76 valence electrons. The van der Waals surface area contributed by atoms with Gasteiger partial charge in [0.2, 0.25) is 0 Å². The van der Waals surface area contributed by atoms with Gasteiger partial charge in [-0.1, -0.05) is 18.2 Å². The topological polar surface area (TPSA) is 46.9 Å². The highest BCUT2D eigenvalue weighted by molar-refractivity contribution is 5.92. The number of carbonyl (C=O) groups excluding carboxylic acids is 1. The van der Waals surface area contributed by atoms with Crippen LogP contribution in [-0.2, 0) is 0 Å². The summed E-state index contributed by atoms with van der Waals surface area (Å²) >= 11 is 0. The van der Waals surface area contributed by atoms with Gasteiger partial charge in [-0.25, -0.2) is 4.98 Å². The maximum Gasteiger partial charge on any atom is 0.269 e. The number of nitrogens with zero attached hydrogens (tertiary/aromatic N) is 2. The van der Waals surface area contributed by atoms with E-state index >= 15 is 0 Å². The first-order valence-electron chi connectivity index (χ1n) is 4.63. The third-order valence-corrected chi connectivity index (χ3v) is 2.13. The van der Waals surface area contributed by atoms with E-state index in [9.17, 15) is 4.79 Å². The third kappa shape index (κ3) is 1.74. The molecule has 0 aliphatic heterocycles. The van der Waals surface area contributed by atoms with Gasteiger partial charge >= 0.3 is 0 Å². The van der Waals surface area contributed by atoms with Gasteiger partial charge in [-0.3, -0.25) is 9.36 Å². The average molecular weight is 201 g/mol. The van der Waals surface area contributed by atoms with Crippen molar-refractivity contribution in [3.8, 4) is 5.69 Å². The lowest BCUT2D eigenvalue weighted by Crippen LogP contribution is -2.20. The highest BCUT2D eigenvalue weighted by Crippen LogP contribution is 2.10. The van der Waals surface area contributed by atoms with Crippen molar-refractivity contribution in [1.82, 2.24) is 14.9 Å². The molecule has 0 radical (unpaired) electrons. The molecule has 2 aromatic rings. The Morgan fingerprint density at radius 1 is 1.33 bits per heavy atom. The van der Waals surface area contributed by atoms with E-state index in [0.717, 1.165) is 5.69 Å². The number of aromatic nitrogens is 2. The summed E-state index contributed by atoms with van der Waals surface area (Å²) in [5.41, 5.74) is 1.46. The number of hydrogen-bond acceptors (Lipinski definition) is 2. The van der Waals surface area contributed by atoms with Crippen LogP contribution in [-0.4, -0.2) is 22.5 Å². The third-order valence-electron chi connectivity index (χ3n) is 2.13. The van der Waals surface area contributed by atoms with Gasteiger partial charge in [0.15, 0.2) is 0 Å². The summed E-state index contributed by atoms with van der Waals surface area (Å²) in [6.45, 7) is 0. The summed E-state index contributed by atoms with van der Waals surface area (Å²) in [6, 6.07) is 9.62. The molecule has 1 N–H and O–H groups in total. The fourth-order valence-electron chi connectivity index (χ4n) is 1.39. The number of para-hydroxylation sites is 1. The zero-order valence-electron chi connectivity index (χ0n) is 8.34. The number of benzene rings is 1. The van der Waals surface area contributed by atoms with Crippen LogP contribution in [0.1, 0.15) is 10.5 Å². The van der Waals surface area contributed by atoms with Gasteiger partial charge in [0.05, 0.1) is 12.5 Å². The van der Waals surface area contributed by atoms with Crippen molar-refractivity contribution in [2.75, 3.05) is 7.05 Å². The Labute approximate surface area is 87.6 Å². The van der Waals surface area contributed by atoms with Gasteiger partial charge in [-0.2, -0.15) is 0 Å². The van der Waals surface area contributed by atoms with E-state index in [4.69, 9.17) is 0 Å². The Hall–Kier alpha value is -2.10. The Kier molecular flexibility index (Phi) is 2.49. The SMILES string of the molecule is CNC(=O)c1cncn1-c1ccccc1. The molecule has 1 aromatic carbocycles. The summed E-state index contributed by atoms with van der Waals surface area (Å²) in [7, 11) is 1.60. The summed E-state index contributed by atoms with van der Waals surface area (Å²) in [6.07, 6.45) is 3.17. The summed E-state index contributed by atoms with van der Waals surface area (Å²) in [4.78, 5) is 15.5. The van der Waals surface area contributed by atoms with Crippen LogP contribution in [0, 0.1) is 0 Å². The van der Waals surface area contributed by atoms with Gasteiger partial charge in [-0.05, 0) is 12.1 Å². The van der Waals surface area contributed by atoms with Crippen LogP contribution < -0.4 is 5.32 Å². The highest BCUT2D eigenvalue weighted by atomic mass is 16.1. The van der Waals surface area contributed by atoms with E-state index in [1.807, 2.05) is 30.3 Å². The molecule has 0 saturated heterocycles. The number of carbonyl (C=O) groups is 1. The molecule has 0 atom stereocenters. The van der Waals surface area contributed by atoms with E-state index in [1.54, 1.807) is 24.1 Å². The normalized spacial score (nSPS) is 9.93. The molecule has 0 unspecified atom stereocenters. The van der Waals surface area contributed by atoms with E-state index in [2.05, 4.69) is 10.3 Å². The summed E-state index contributed by atoms with van der Waals surface area (Å²) < 4.78 is 1.75. The van der Waals surface area contributed by atoms with E-state index in [-0.39, 0.29) is 5.91 Å². The molecule has 1 amide bonds. The molecule has 1 aromatic heterocycles. The van der Waals surface area contributed by atoms with E-state index < -0.39 is 0 Å². The minimum absolute atomic E-state index is 0.142. The minimum Gasteiger partial charge on any atom is -0.354 e. The molecule has 0 bridgehead atoms. The average Bonchev–Trinajstić information content (AvgIpc) is 2.78. The first-order chi connectivity index (χ1) is 7.33. The number of imidazole rings is 1. The lowest BCUT2D eigenvalue weighted by atomic mass is 10.3. The Balaban J connectivity index is 2.46. The van der Waals surface area contributed by atoms with Crippen molar-refractivity contribution in [3.05, 3.63) is 48.5 Å². The van der Waals surface area contributed by atoms with Crippen molar-refractivity contribution in [2.45, 2.75) is 0 Å².